The first-order chi connectivity index (χ1) is 14.9. The maximum atomic E-state index is 13.0. The summed E-state index contributed by atoms with van der Waals surface area (Å²) >= 11 is 0. The summed E-state index contributed by atoms with van der Waals surface area (Å²) in [6, 6.07) is 13.6. The van der Waals surface area contributed by atoms with Crippen molar-refractivity contribution in [3.63, 3.8) is 0 Å². The number of hydrogen-bond acceptors (Lipinski definition) is 6. The van der Waals surface area contributed by atoms with E-state index in [1.54, 1.807) is 36.4 Å². The van der Waals surface area contributed by atoms with E-state index in [0.29, 0.717) is 38.9 Å². The molecule has 0 aliphatic carbocycles. The van der Waals surface area contributed by atoms with Gasteiger partial charge in [-0.15, -0.1) is 0 Å². The minimum absolute atomic E-state index is 0.00574. The first-order valence-electron chi connectivity index (χ1n) is 9.75. The maximum Gasteiger partial charge on any atom is 0.242 e. The minimum Gasteiger partial charge on any atom is -0.504 e. The Morgan fingerprint density at radius 2 is 1.84 bits per heavy atom. The Balaban J connectivity index is 1.62. The number of nitrogens with one attached hydrogen (secondary N) is 2. The van der Waals surface area contributed by atoms with Gasteiger partial charge >= 0.3 is 0 Å². The average molecular weight is 418 g/mol. The van der Waals surface area contributed by atoms with Crippen LogP contribution in [0.5, 0.6) is 11.5 Å². The molecular formula is C24H22N2O5. The number of ether oxygens (including phenoxy) is 1. The SMILES string of the molecule is COc1ccc(NNC(=O)Cc2cccc3c(=O)c4ccc(C)c(C)c4oc23)cc1O. The van der Waals surface area contributed by atoms with Crippen LogP contribution in [-0.2, 0) is 11.2 Å². The van der Waals surface area contributed by atoms with E-state index in [0.717, 1.165) is 11.1 Å². The molecule has 3 aromatic carbocycles. The standard InChI is InChI=1S/C24H22N2O5/c1-13-7-9-18-22(29)17-6-4-5-15(24(17)31-23(18)14(13)2)11-21(28)26-25-16-8-10-20(30-3)19(27)12-16/h4-10,12,25,27H,11H2,1-3H3,(H,26,28). The molecule has 0 spiro atoms. The number of hydrazine groups is 1. The molecule has 0 atom stereocenters. The lowest BCUT2D eigenvalue weighted by molar-refractivity contribution is -0.119. The molecule has 1 heterocycles. The van der Waals surface area contributed by atoms with Gasteiger partial charge in [-0.25, -0.2) is 0 Å². The molecule has 0 saturated heterocycles. The number of phenolic OH excluding ortho intramolecular Hbond substituents is 1. The fourth-order valence-corrected chi connectivity index (χ4v) is 3.50. The van der Waals surface area contributed by atoms with Crippen molar-refractivity contribution in [2.24, 2.45) is 0 Å². The first-order valence-corrected chi connectivity index (χ1v) is 9.75. The number of fused-ring (bicyclic) bond motifs is 2. The zero-order valence-electron chi connectivity index (χ0n) is 17.4. The predicted molar refractivity (Wildman–Crippen MR) is 120 cm³/mol. The largest absolute Gasteiger partial charge is 0.504 e. The number of amides is 1. The summed E-state index contributed by atoms with van der Waals surface area (Å²) in [5, 5.41) is 10.8. The number of hydrogen-bond donors (Lipinski definition) is 3. The zero-order chi connectivity index (χ0) is 22.1. The Morgan fingerprint density at radius 1 is 1.06 bits per heavy atom. The lowest BCUT2D eigenvalue weighted by Gasteiger charge is -2.12. The third-order valence-electron chi connectivity index (χ3n) is 5.34. The second-order valence-corrected chi connectivity index (χ2v) is 7.35. The fourth-order valence-electron chi connectivity index (χ4n) is 3.50. The van der Waals surface area contributed by atoms with E-state index in [1.807, 2.05) is 19.9 Å². The molecule has 0 fully saturated rings. The summed E-state index contributed by atoms with van der Waals surface area (Å²) in [6.45, 7) is 3.87. The number of para-hydroxylation sites is 1. The van der Waals surface area contributed by atoms with Crippen molar-refractivity contribution in [3.05, 3.63) is 75.4 Å². The molecule has 158 valence electrons. The summed E-state index contributed by atoms with van der Waals surface area (Å²) in [4.78, 5) is 25.5. The van der Waals surface area contributed by atoms with Crippen LogP contribution in [0.15, 0.2) is 57.7 Å². The predicted octanol–water partition coefficient (Wildman–Crippen LogP) is 3.96. The molecule has 4 aromatic rings. The Bertz CT molecular complexity index is 1370. The first kappa shape index (κ1) is 20.3. The van der Waals surface area contributed by atoms with E-state index in [9.17, 15) is 14.7 Å². The lowest BCUT2D eigenvalue weighted by Crippen LogP contribution is -2.30. The van der Waals surface area contributed by atoms with Gasteiger partial charge in [0.25, 0.3) is 0 Å². The lowest BCUT2D eigenvalue weighted by atomic mass is 10.0. The van der Waals surface area contributed by atoms with E-state index < -0.39 is 0 Å². The molecule has 0 aliphatic heterocycles. The van der Waals surface area contributed by atoms with Gasteiger partial charge in [0, 0.05) is 11.6 Å². The van der Waals surface area contributed by atoms with Gasteiger partial charge in [-0.2, -0.15) is 0 Å². The molecule has 7 nitrogen and oxygen atoms in total. The Kier molecular flexibility index (Phi) is 5.25. The number of carbonyl (C=O) groups is 1. The minimum atomic E-state index is -0.327. The number of phenols is 1. The highest BCUT2D eigenvalue weighted by Gasteiger charge is 2.15. The number of carbonyl (C=O) groups excluding carboxylic acids is 1. The molecule has 0 aliphatic rings. The Morgan fingerprint density at radius 3 is 2.58 bits per heavy atom. The van der Waals surface area contributed by atoms with Gasteiger partial charge in [0.15, 0.2) is 11.5 Å². The van der Waals surface area contributed by atoms with E-state index in [4.69, 9.17) is 9.15 Å². The number of aromatic hydroxyl groups is 1. The van der Waals surface area contributed by atoms with Crippen LogP contribution in [-0.4, -0.2) is 18.1 Å². The molecule has 4 rings (SSSR count). The summed E-state index contributed by atoms with van der Waals surface area (Å²) < 4.78 is 11.1. The smallest absolute Gasteiger partial charge is 0.242 e. The highest BCUT2D eigenvalue weighted by atomic mass is 16.5. The van der Waals surface area contributed by atoms with Crippen LogP contribution < -0.4 is 21.0 Å². The second kappa shape index (κ2) is 8.02. The molecule has 3 N–H and O–H groups in total. The number of aryl methyl sites for hydroxylation is 2. The molecule has 0 unspecified atom stereocenters. The van der Waals surface area contributed by atoms with Crippen molar-refractivity contribution >= 4 is 33.5 Å². The normalized spacial score (nSPS) is 10.9. The van der Waals surface area contributed by atoms with Gasteiger partial charge < -0.3 is 14.3 Å². The van der Waals surface area contributed by atoms with Crippen molar-refractivity contribution in [3.8, 4) is 11.5 Å². The van der Waals surface area contributed by atoms with Crippen LogP contribution >= 0.6 is 0 Å². The highest BCUT2D eigenvalue weighted by molar-refractivity contribution is 5.94. The monoisotopic (exact) mass is 418 g/mol. The highest BCUT2D eigenvalue weighted by Crippen LogP contribution is 2.28. The van der Waals surface area contributed by atoms with Crippen molar-refractivity contribution in [1.29, 1.82) is 0 Å². The number of benzene rings is 3. The second-order valence-electron chi connectivity index (χ2n) is 7.35. The van der Waals surface area contributed by atoms with Crippen molar-refractivity contribution in [2.75, 3.05) is 12.5 Å². The Hall–Kier alpha value is -4.00. The van der Waals surface area contributed by atoms with Gasteiger partial charge in [0.2, 0.25) is 11.3 Å². The summed E-state index contributed by atoms with van der Waals surface area (Å²) in [5.74, 6) is -0.0398. The zero-order valence-corrected chi connectivity index (χ0v) is 17.4. The molecule has 0 radical (unpaired) electrons. The molecular weight excluding hydrogens is 396 g/mol. The van der Waals surface area contributed by atoms with Crippen LogP contribution in [0.2, 0.25) is 0 Å². The van der Waals surface area contributed by atoms with Crippen LogP contribution in [0.3, 0.4) is 0 Å². The third-order valence-corrected chi connectivity index (χ3v) is 5.34. The summed E-state index contributed by atoms with van der Waals surface area (Å²) in [7, 11) is 1.46. The van der Waals surface area contributed by atoms with Crippen molar-refractivity contribution in [1.82, 2.24) is 5.43 Å². The number of methoxy groups -OCH3 is 1. The van der Waals surface area contributed by atoms with Gasteiger partial charge in [-0.1, -0.05) is 18.2 Å². The third kappa shape index (κ3) is 3.77. The van der Waals surface area contributed by atoms with Crippen LogP contribution in [0.1, 0.15) is 16.7 Å². The van der Waals surface area contributed by atoms with Gasteiger partial charge in [-0.3, -0.25) is 20.4 Å². The Labute approximate surface area is 178 Å². The van der Waals surface area contributed by atoms with Crippen molar-refractivity contribution < 1.29 is 19.1 Å². The van der Waals surface area contributed by atoms with E-state index in [2.05, 4.69) is 10.9 Å². The van der Waals surface area contributed by atoms with Gasteiger partial charge in [0.1, 0.15) is 11.2 Å². The molecule has 31 heavy (non-hydrogen) atoms. The van der Waals surface area contributed by atoms with Crippen LogP contribution in [0.25, 0.3) is 21.9 Å². The molecule has 7 heteroatoms. The van der Waals surface area contributed by atoms with E-state index in [1.165, 1.54) is 13.2 Å². The summed E-state index contributed by atoms with van der Waals surface area (Å²) in [5.41, 5.74) is 9.20. The van der Waals surface area contributed by atoms with Crippen LogP contribution in [0.4, 0.5) is 5.69 Å². The fraction of sp³-hybridized carbons (Fsp3) is 0.167. The number of anilines is 1. The maximum absolute atomic E-state index is 13.0. The number of rotatable bonds is 5. The molecule has 1 aromatic heterocycles. The average Bonchev–Trinajstić information content (AvgIpc) is 2.76. The quantitative estimate of drug-likeness (QED) is 0.335. The molecule has 0 saturated carbocycles. The van der Waals surface area contributed by atoms with Crippen molar-refractivity contribution in [2.45, 2.75) is 20.3 Å². The molecule has 0 bridgehead atoms. The topological polar surface area (TPSA) is 101 Å². The van der Waals surface area contributed by atoms with Gasteiger partial charge in [-0.05, 0) is 49.2 Å². The van der Waals surface area contributed by atoms with E-state index in [-0.39, 0.29) is 23.5 Å². The van der Waals surface area contributed by atoms with Gasteiger partial charge in [0.05, 0.1) is 30.0 Å². The summed E-state index contributed by atoms with van der Waals surface area (Å²) in [6.07, 6.45) is 0.00574. The molecule has 1 amide bonds. The van der Waals surface area contributed by atoms with Crippen LogP contribution in [0, 0.1) is 13.8 Å². The van der Waals surface area contributed by atoms with E-state index >= 15 is 0 Å².